The highest BCUT2D eigenvalue weighted by molar-refractivity contribution is 5.96. The van der Waals surface area contributed by atoms with E-state index in [2.05, 4.69) is 11.8 Å². The van der Waals surface area contributed by atoms with E-state index in [4.69, 9.17) is 0 Å². The van der Waals surface area contributed by atoms with Crippen molar-refractivity contribution >= 4 is 5.91 Å². The van der Waals surface area contributed by atoms with Crippen LogP contribution in [0.3, 0.4) is 0 Å². The van der Waals surface area contributed by atoms with E-state index in [-0.39, 0.29) is 11.7 Å². The van der Waals surface area contributed by atoms with Crippen LogP contribution >= 0.6 is 0 Å². The second kappa shape index (κ2) is 6.77. The van der Waals surface area contributed by atoms with Crippen LogP contribution in [0.5, 0.6) is 0 Å². The first-order valence-electron chi connectivity index (χ1n) is 8.47. The summed E-state index contributed by atoms with van der Waals surface area (Å²) in [5, 5.41) is 0. The maximum absolute atomic E-state index is 13.2. The van der Waals surface area contributed by atoms with E-state index in [1.807, 2.05) is 29.4 Å². The third-order valence-corrected chi connectivity index (χ3v) is 4.85. The van der Waals surface area contributed by atoms with Crippen molar-refractivity contribution in [3.8, 4) is 5.69 Å². The second-order valence-electron chi connectivity index (χ2n) is 6.32. The Bertz CT molecular complexity index is 728. The molecule has 2 aromatic rings. The van der Waals surface area contributed by atoms with Gasteiger partial charge in [-0.05, 0) is 50.7 Å². The summed E-state index contributed by atoms with van der Waals surface area (Å²) in [5.41, 5.74) is 3.50. The first-order valence-corrected chi connectivity index (χ1v) is 8.47. The topological polar surface area (TPSA) is 28.5 Å². The lowest BCUT2D eigenvalue weighted by Gasteiger charge is -2.34. The minimum Gasteiger partial charge on any atom is -0.336 e. The summed E-state index contributed by atoms with van der Waals surface area (Å²) in [6.45, 7) is 10.5. The average molecular weight is 329 g/mol. The summed E-state index contributed by atoms with van der Waals surface area (Å²) in [7, 11) is 0. The number of aromatic nitrogens is 1. The summed E-state index contributed by atoms with van der Waals surface area (Å²) in [6, 6.07) is 8.31. The molecular weight excluding hydrogens is 305 g/mol. The number of nitrogens with zero attached hydrogens (tertiary/aromatic N) is 3. The molecule has 0 spiro atoms. The molecule has 4 nitrogen and oxygen atoms in total. The third kappa shape index (κ3) is 3.08. The summed E-state index contributed by atoms with van der Waals surface area (Å²) in [6.07, 6.45) is 0. The van der Waals surface area contributed by atoms with Crippen molar-refractivity contribution in [1.29, 1.82) is 0 Å². The molecule has 24 heavy (non-hydrogen) atoms. The first-order chi connectivity index (χ1) is 11.5. The molecule has 1 fully saturated rings. The zero-order valence-corrected chi connectivity index (χ0v) is 14.6. The van der Waals surface area contributed by atoms with Crippen LogP contribution in [0, 0.1) is 19.7 Å². The molecule has 0 saturated carbocycles. The van der Waals surface area contributed by atoms with Gasteiger partial charge in [0.05, 0.1) is 5.56 Å². The molecule has 0 radical (unpaired) electrons. The predicted molar refractivity (Wildman–Crippen MR) is 93.2 cm³/mol. The van der Waals surface area contributed by atoms with Crippen molar-refractivity contribution < 1.29 is 9.18 Å². The molecule has 1 aliphatic rings. The number of hydrogen-bond acceptors (Lipinski definition) is 2. The van der Waals surface area contributed by atoms with Crippen LogP contribution in [0.4, 0.5) is 4.39 Å². The van der Waals surface area contributed by atoms with Gasteiger partial charge in [-0.3, -0.25) is 4.79 Å². The Hall–Kier alpha value is -2.14. The van der Waals surface area contributed by atoms with Crippen LogP contribution in [0.15, 0.2) is 30.3 Å². The number of amides is 1. The number of piperazine rings is 1. The van der Waals surface area contributed by atoms with Gasteiger partial charge in [0.2, 0.25) is 0 Å². The molecule has 0 atom stereocenters. The molecule has 0 bridgehead atoms. The van der Waals surface area contributed by atoms with Gasteiger partial charge in [-0.15, -0.1) is 0 Å². The molecular formula is C19H24FN3O. The van der Waals surface area contributed by atoms with Crippen LogP contribution in [0.25, 0.3) is 5.69 Å². The minimum atomic E-state index is -0.258. The number of likely N-dealkylation sites (N-methyl/N-ethyl adjacent to an activating group) is 1. The first kappa shape index (κ1) is 16.7. The Morgan fingerprint density at radius 2 is 1.71 bits per heavy atom. The maximum Gasteiger partial charge on any atom is 0.255 e. The quantitative estimate of drug-likeness (QED) is 0.866. The van der Waals surface area contributed by atoms with Gasteiger partial charge in [-0.1, -0.05) is 6.92 Å². The summed E-state index contributed by atoms with van der Waals surface area (Å²) < 4.78 is 15.2. The monoisotopic (exact) mass is 329 g/mol. The lowest BCUT2D eigenvalue weighted by atomic mass is 10.2. The molecule has 0 unspecified atom stereocenters. The number of carbonyl (C=O) groups excluding carboxylic acids is 1. The molecule has 0 aliphatic carbocycles. The van der Waals surface area contributed by atoms with Crippen molar-refractivity contribution in [2.45, 2.75) is 20.8 Å². The Morgan fingerprint density at radius 3 is 2.29 bits per heavy atom. The van der Waals surface area contributed by atoms with E-state index in [0.717, 1.165) is 55.4 Å². The third-order valence-electron chi connectivity index (χ3n) is 4.85. The fourth-order valence-corrected chi connectivity index (χ4v) is 3.40. The standard InChI is InChI=1S/C19H24FN3O/c1-4-21-9-11-22(12-10-21)19(24)18-13-14(2)23(15(18)3)17-7-5-16(20)6-8-17/h5-8,13H,4,9-12H2,1-3H3. The lowest BCUT2D eigenvalue weighted by molar-refractivity contribution is 0.0642. The highest BCUT2D eigenvalue weighted by atomic mass is 19.1. The average Bonchev–Trinajstić information content (AvgIpc) is 2.90. The largest absolute Gasteiger partial charge is 0.336 e. The Kier molecular flexibility index (Phi) is 4.71. The molecule has 1 aromatic heterocycles. The van der Waals surface area contributed by atoms with E-state index in [1.165, 1.54) is 12.1 Å². The SMILES string of the molecule is CCN1CCN(C(=O)c2cc(C)n(-c3ccc(F)cc3)c2C)CC1. The van der Waals surface area contributed by atoms with Gasteiger partial charge in [0.25, 0.3) is 5.91 Å². The molecule has 3 rings (SSSR count). The van der Waals surface area contributed by atoms with Gasteiger partial charge >= 0.3 is 0 Å². The number of carbonyl (C=O) groups is 1. The van der Waals surface area contributed by atoms with Gasteiger partial charge in [0, 0.05) is 43.3 Å². The summed E-state index contributed by atoms with van der Waals surface area (Å²) in [4.78, 5) is 17.2. The highest BCUT2D eigenvalue weighted by Crippen LogP contribution is 2.22. The number of halogens is 1. The van der Waals surface area contributed by atoms with Gasteiger partial charge in [0.15, 0.2) is 0 Å². The van der Waals surface area contributed by atoms with E-state index in [1.54, 1.807) is 12.1 Å². The number of hydrogen-bond donors (Lipinski definition) is 0. The number of benzene rings is 1. The van der Waals surface area contributed by atoms with Crippen molar-refractivity contribution in [1.82, 2.24) is 14.4 Å². The number of aryl methyl sites for hydroxylation is 1. The van der Waals surface area contributed by atoms with Crippen molar-refractivity contribution in [3.05, 3.63) is 53.1 Å². The van der Waals surface area contributed by atoms with Crippen LogP contribution in [-0.2, 0) is 0 Å². The smallest absolute Gasteiger partial charge is 0.255 e. The van der Waals surface area contributed by atoms with Crippen LogP contribution in [-0.4, -0.2) is 53.0 Å². The fourth-order valence-electron chi connectivity index (χ4n) is 3.40. The van der Waals surface area contributed by atoms with E-state index in [0.29, 0.717) is 0 Å². The second-order valence-corrected chi connectivity index (χ2v) is 6.32. The zero-order chi connectivity index (χ0) is 17.3. The summed E-state index contributed by atoms with van der Waals surface area (Å²) >= 11 is 0. The molecule has 1 aromatic carbocycles. The molecule has 128 valence electrons. The van der Waals surface area contributed by atoms with Gasteiger partial charge < -0.3 is 14.4 Å². The van der Waals surface area contributed by atoms with Gasteiger partial charge in [-0.25, -0.2) is 4.39 Å². The Morgan fingerprint density at radius 1 is 1.08 bits per heavy atom. The molecule has 1 aliphatic heterocycles. The zero-order valence-electron chi connectivity index (χ0n) is 14.6. The van der Waals surface area contributed by atoms with Crippen LogP contribution in [0.1, 0.15) is 28.7 Å². The van der Waals surface area contributed by atoms with Crippen LogP contribution < -0.4 is 0 Å². The minimum absolute atomic E-state index is 0.0900. The molecule has 5 heteroatoms. The van der Waals surface area contributed by atoms with Crippen LogP contribution in [0.2, 0.25) is 0 Å². The van der Waals surface area contributed by atoms with Crippen molar-refractivity contribution in [2.24, 2.45) is 0 Å². The molecule has 2 heterocycles. The normalized spacial score (nSPS) is 15.8. The maximum atomic E-state index is 13.2. The number of rotatable bonds is 3. The Balaban J connectivity index is 1.86. The molecule has 1 saturated heterocycles. The summed E-state index contributed by atoms with van der Waals surface area (Å²) in [5.74, 6) is -0.168. The van der Waals surface area contributed by atoms with Crippen molar-refractivity contribution in [2.75, 3.05) is 32.7 Å². The van der Waals surface area contributed by atoms with E-state index >= 15 is 0 Å². The molecule has 0 N–H and O–H groups in total. The van der Waals surface area contributed by atoms with Gasteiger partial charge in [-0.2, -0.15) is 0 Å². The van der Waals surface area contributed by atoms with E-state index < -0.39 is 0 Å². The van der Waals surface area contributed by atoms with Crippen molar-refractivity contribution in [3.63, 3.8) is 0 Å². The lowest BCUT2D eigenvalue weighted by Crippen LogP contribution is -2.48. The predicted octanol–water partition coefficient (Wildman–Crippen LogP) is 3.01. The fraction of sp³-hybridized carbons (Fsp3) is 0.421. The van der Waals surface area contributed by atoms with Gasteiger partial charge in [0.1, 0.15) is 5.82 Å². The highest BCUT2D eigenvalue weighted by Gasteiger charge is 2.24. The van der Waals surface area contributed by atoms with E-state index in [9.17, 15) is 9.18 Å². The Labute approximate surface area is 142 Å². The molecule has 1 amide bonds.